The predicted octanol–water partition coefficient (Wildman–Crippen LogP) is 3.79. The number of likely N-dealkylation sites (N-methyl/N-ethyl adjacent to an activating group) is 1. The van der Waals surface area contributed by atoms with E-state index in [9.17, 15) is 4.79 Å². The number of nitrogens with one attached hydrogen (secondary N) is 2. The number of nitrogens with zero attached hydrogens (tertiary/aromatic N) is 4. The Bertz CT molecular complexity index is 1510. The van der Waals surface area contributed by atoms with Crippen LogP contribution < -0.4 is 15.5 Å². The fourth-order valence-corrected chi connectivity index (χ4v) is 5.92. The van der Waals surface area contributed by atoms with Gasteiger partial charge in [-0.3, -0.25) is 4.79 Å². The molecule has 1 amide bonds. The minimum atomic E-state index is -0.0218. The highest BCUT2D eigenvalue weighted by atomic mass is 32.1. The summed E-state index contributed by atoms with van der Waals surface area (Å²) in [5, 5.41) is 8.63. The van der Waals surface area contributed by atoms with E-state index in [4.69, 9.17) is 16.4 Å². The van der Waals surface area contributed by atoms with Gasteiger partial charge in [-0.15, -0.1) is 17.8 Å². The first-order valence-electron chi connectivity index (χ1n) is 11.8. The largest absolute Gasteiger partial charge is 0.381 e. The lowest BCUT2D eigenvalue weighted by molar-refractivity contribution is 0.0949. The fourth-order valence-electron chi connectivity index (χ4n) is 4.82. The minimum Gasteiger partial charge on any atom is -0.381 e. The summed E-state index contributed by atoms with van der Waals surface area (Å²) in [5.74, 6) is 3.59. The van der Waals surface area contributed by atoms with Crippen molar-refractivity contribution in [2.24, 2.45) is 0 Å². The summed E-state index contributed by atoms with van der Waals surface area (Å²) in [6, 6.07) is 12.3. The zero-order valence-corrected chi connectivity index (χ0v) is 20.6. The Morgan fingerprint density at radius 3 is 2.74 bits per heavy atom. The highest BCUT2D eigenvalue weighted by Gasteiger charge is 2.25. The van der Waals surface area contributed by atoms with Gasteiger partial charge in [-0.2, -0.15) is 0 Å². The van der Waals surface area contributed by atoms with E-state index in [1.807, 2.05) is 25.1 Å². The van der Waals surface area contributed by atoms with E-state index in [0.29, 0.717) is 12.2 Å². The van der Waals surface area contributed by atoms with Gasteiger partial charge in [-0.1, -0.05) is 5.92 Å². The number of piperazine rings is 1. The SMILES string of the molecule is C#Cc1cc(-c2ccc3c(ccc4sc5c(c43)NC[C@@H](C)NC5=O)n2)cc(N2CCN(C)CC2)n1. The molecule has 6 rings (SSSR count). The van der Waals surface area contributed by atoms with Gasteiger partial charge in [-0.05, 0) is 50.4 Å². The van der Waals surface area contributed by atoms with Crippen molar-refractivity contribution in [2.75, 3.05) is 50.0 Å². The molecular weight excluding hydrogens is 456 g/mol. The van der Waals surface area contributed by atoms with Gasteiger partial charge in [0.25, 0.3) is 5.91 Å². The van der Waals surface area contributed by atoms with Gasteiger partial charge in [0, 0.05) is 59.8 Å². The van der Waals surface area contributed by atoms with Crippen LogP contribution in [0.25, 0.3) is 32.2 Å². The molecule has 2 aliphatic heterocycles. The van der Waals surface area contributed by atoms with Gasteiger partial charge in [0.2, 0.25) is 0 Å². The lowest BCUT2D eigenvalue weighted by Crippen LogP contribution is -2.44. The monoisotopic (exact) mass is 482 g/mol. The van der Waals surface area contributed by atoms with Crippen LogP contribution in [0.3, 0.4) is 0 Å². The van der Waals surface area contributed by atoms with Crippen molar-refractivity contribution in [3.8, 4) is 23.6 Å². The number of terminal acetylenes is 1. The molecule has 0 spiro atoms. The van der Waals surface area contributed by atoms with Crippen molar-refractivity contribution in [2.45, 2.75) is 13.0 Å². The first-order chi connectivity index (χ1) is 17.0. The third-order valence-electron chi connectivity index (χ3n) is 6.77. The molecule has 2 aliphatic rings. The van der Waals surface area contributed by atoms with E-state index in [2.05, 4.69) is 51.6 Å². The van der Waals surface area contributed by atoms with Crippen molar-refractivity contribution < 1.29 is 4.79 Å². The van der Waals surface area contributed by atoms with Crippen LogP contribution in [-0.2, 0) is 0 Å². The Hall–Kier alpha value is -3.67. The van der Waals surface area contributed by atoms with E-state index >= 15 is 0 Å². The van der Waals surface area contributed by atoms with Crippen LogP contribution in [0.2, 0.25) is 0 Å². The molecule has 0 aliphatic carbocycles. The minimum absolute atomic E-state index is 0.0218. The van der Waals surface area contributed by atoms with Crippen LogP contribution in [0.15, 0.2) is 36.4 Å². The van der Waals surface area contributed by atoms with E-state index < -0.39 is 0 Å². The number of benzene rings is 1. The van der Waals surface area contributed by atoms with Gasteiger partial charge < -0.3 is 20.4 Å². The Labute approximate surface area is 208 Å². The normalized spacial score (nSPS) is 18.6. The molecule has 8 heteroatoms. The molecule has 0 unspecified atom stereocenters. The average Bonchev–Trinajstić information content (AvgIpc) is 3.20. The summed E-state index contributed by atoms with van der Waals surface area (Å²) < 4.78 is 1.07. The maximum atomic E-state index is 12.7. The van der Waals surface area contributed by atoms with Crippen molar-refractivity contribution in [1.82, 2.24) is 20.2 Å². The van der Waals surface area contributed by atoms with Crippen LogP contribution >= 0.6 is 11.3 Å². The molecule has 2 N–H and O–H groups in total. The van der Waals surface area contributed by atoms with Crippen molar-refractivity contribution in [1.29, 1.82) is 0 Å². The second kappa shape index (κ2) is 8.52. The standard InChI is InChI=1S/C27H26N6OS/c1-4-18-13-17(14-23(30-18)33-11-9-32(3)10-12-33)20-6-5-19-21(31-20)7-8-22-24(19)25-26(35-22)27(34)29-16(2)15-28-25/h1,5-8,13-14,16,28H,9-12,15H2,2-3H3,(H,29,34)/t16-/m1/s1. The Morgan fingerprint density at radius 1 is 1.11 bits per heavy atom. The maximum Gasteiger partial charge on any atom is 0.263 e. The van der Waals surface area contributed by atoms with Crippen LogP contribution in [0.1, 0.15) is 22.3 Å². The number of hydrogen-bond acceptors (Lipinski definition) is 7. The highest BCUT2D eigenvalue weighted by Crippen LogP contribution is 2.41. The summed E-state index contributed by atoms with van der Waals surface area (Å²) in [6.07, 6.45) is 5.76. The van der Waals surface area contributed by atoms with Crippen molar-refractivity contribution in [3.63, 3.8) is 0 Å². The molecule has 1 fully saturated rings. The number of hydrogen-bond donors (Lipinski definition) is 2. The van der Waals surface area contributed by atoms with Crippen molar-refractivity contribution >= 4 is 49.7 Å². The Balaban J connectivity index is 1.44. The fraction of sp³-hybridized carbons (Fsp3) is 0.296. The number of thiophene rings is 1. The number of fused-ring (bicyclic) bond motifs is 5. The number of amides is 1. The molecule has 0 saturated carbocycles. The first-order valence-corrected chi connectivity index (χ1v) is 12.7. The van der Waals surface area contributed by atoms with Gasteiger partial charge in [0.05, 0.1) is 16.9 Å². The van der Waals surface area contributed by atoms with Gasteiger partial charge in [0.15, 0.2) is 0 Å². The van der Waals surface area contributed by atoms with Crippen LogP contribution in [0.5, 0.6) is 0 Å². The molecule has 35 heavy (non-hydrogen) atoms. The van der Waals surface area contributed by atoms with E-state index in [-0.39, 0.29) is 11.9 Å². The van der Waals surface area contributed by atoms with Crippen LogP contribution in [-0.4, -0.2) is 66.6 Å². The van der Waals surface area contributed by atoms with Gasteiger partial charge in [0.1, 0.15) is 16.4 Å². The van der Waals surface area contributed by atoms with Crippen LogP contribution in [0, 0.1) is 12.3 Å². The second-order valence-corrected chi connectivity index (χ2v) is 10.3. The molecule has 1 aromatic carbocycles. The molecule has 176 valence electrons. The quantitative estimate of drug-likeness (QED) is 0.424. The predicted molar refractivity (Wildman–Crippen MR) is 143 cm³/mol. The summed E-state index contributed by atoms with van der Waals surface area (Å²) in [6.45, 7) is 6.53. The van der Waals surface area contributed by atoms with E-state index in [0.717, 1.165) is 74.8 Å². The molecule has 1 saturated heterocycles. The molecule has 0 radical (unpaired) electrons. The number of aromatic nitrogens is 2. The zero-order chi connectivity index (χ0) is 24.1. The smallest absolute Gasteiger partial charge is 0.263 e. The second-order valence-electron chi connectivity index (χ2n) is 9.30. The summed E-state index contributed by atoms with van der Waals surface area (Å²) in [5.41, 5.74) is 4.21. The number of pyridine rings is 2. The highest BCUT2D eigenvalue weighted by molar-refractivity contribution is 7.21. The number of anilines is 2. The molecule has 7 nitrogen and oxygen atoms in total. The van der Waals surface area contributed by atoms with Crippen LogP contribution in [0.4, 0.5) is 11.5 Å². The molecule has 0 bridgehead atoms. The summed E-state index contributed by atoms with van der Waals surface area (Å²) >= 11 is 1.52. The molecule has 1 atom stereocenters. The first kappa shape index (κ1) is 21.8. The van der Waals surface area contributed by atoms with E-state index in [1.54, 1.807) is 0 Å². The lowest BCUT2D eigenvalue weighted by Gasteiger charge is -2.33. The van der Waals surface area contributed by atoms with Gasteiger partial charge >= 0.3 is 0 Å². The topological polar surface area (TPSA) is 73.4 Å². The summed E-state index contributed by atoms with van der Waals surface area (Å²) in [7, 11) is 2.14. The Kier molecular flexibility index (Phi) is 5.32. The lowest BCUT2D eigenvalue weighted by atomic mass is 10.1. The zero-order valence-electron chi connectivity index (χ0n) is 19.8. The number of rotatable bonds is 2. The third-order valence-corrected chi connectivity index (χ3v) is 7.93. The third kappa shape index (κ3) is 3.87. The average molecular weight is 483 g/mol. The molecular formula is C27H26N6OS. The Morgan fingerprint density at radius 2 is 1.94 bits per heavy atom. The molecule has 5 heterocycles. The molecule has 4 aromatic rings. The van der Waals surface area contributed by atoms with E-state index in [1.165, 1.54) is 11.3 Å². The number of carbonyl (C=O) groups excluding carboxylic acids is 1. The number of carbonyl (C=O) groups is 1. The van der Waals surface area contributed by atoms with Crippen molar-refractivity contribution in [3.05, 3.63) is 47.0 Å². The maximum absolute atomic E-state index is 12.7. The van der Waals surface area contributed by atoms with Gasteiger partial charge in [-0.25, -0.2) is 9.97 Å². The molecule has 3 aromatic heterocycles. The summed E-state index contributed by atoms with van der Waals surface area (Å²) in [4.78, 5) is 27.7.